The predicted molar refractivity (Wildman–Crippen MR) is 154 cm³/mol. The minimum Gasteiger partial charge on any atom is -0.295 e. The Kier molecular flexibility index (Phi) is 18.1. The zero-order valence-corrected chi connectivity index (χ0v) is 27.2. The third kappa shape index (κ3) is 15.5. The summed E-state index contributed by atoms with van der Waals surface area (Å²) in [4.78, 5) is 10.2. The molecule has 0 spiro atoms. The van der Waals surface area contributed by atoms with Crippen LogP contribution in [0.25, 0.3) is 0 Å². The van der Waals surface area contributed by atoms with Gasteiger partial charge < -0.3 is 0 Å². The van der Waals surface area contributed by atoms with Crippen LogP contribution >= 0.6 is 0 Å². The van der Waals surface area contributed by atoms with Crippen LogP contribution in [0.15, 0.2) is 35.0 Å². The third-order valence-corrected chi connectivity index (χ3v) is 21.5. The number of carbonyl (C=O) groups is 1. The average Bonchev–Trinajstić information content (AvgIpc) is 3.26. The maximum Gasteiger partial charge on any atom is 0.155 e. The second kappa shape index (κ2) is 18.2. The van der Waals surface area contributed by atoms with Crippen molar-refractivity contribution in [1.29, 1.82) is 0 Å². The Hall–Kier alpha value is -0.134. The first-order valence-electron chi connectivity index (χ1n) is 13.8. The molecule has 2 nitrogen and oxygen atoms in total. The molecule has 0 fully saturated rings. The second-order valence-corrected chi connectivity index (χ2v) is 28.3. The van der Waals surface area contributed by atoms with Crippen molar-refractivity contribution in [2.75, 3.05) is 0 Å². The summed E-state index contributed by atoms with van der Waals surface area (Å²) in [6.07, 6.45) is 21.6. The number of carbonyl (C=O) groups excluding carboxylic acids is 1. The van der Waals surface area contributed by atoms with Gasteiger partial charge in [0.1, 0.15) is 0 Å². The van der Waals surface area contributed by atoms with Crippen LogP contribution in [-0.4, -0.2) is 38.1 Å². The van der Waals surface area contributed by atoms with Gasteiger partial charge in [-0.05, 0) is 12.5 Å². The van der Waals surface area contributed by atoms with Crippen LogP contribution in [0.1, 0.15) is 98.3 Å². The smallest absolute Gasteiger partial charge is 0.155 e. The molecule has 1 aliphatic rings. The summed E-state index contributed by atoms with van der Waals surface area (Å²) in [5.74, 6) is 0.273. The van der Waals surface area contributed by atoms with E-state index in [1.807, 2.05) is 6.08 Å². The molecule has 192 valence electrons. The van der Waals surface area contributed by atoms with E-state index < -0.39 is 26.7 Å². The van der Waals surface area contributed by atoms with Gasteiger partial charge in [-0.1, -0.05) is 6.08 Å². The SMILES string of the molecule is C=CC(C=[CH][Sn]([CH2]CCC)([CH2]CCC)[CH2]CCC)(CCCC)O[Si](C)(C)C.O=C1C=CCC1. The summed E-state index contributed by atoms with van der Waals surface area (Å²) in [6.45, 7) is 20.5. The second-order valence-electron chi connectivity index (χ2n) is 10.9. The van der Waals surface area contributed by atoms with E-state index >= 15 is 0 Å². The fourth-order valence-electron chi connectivity index (χ4n) is 4.46. The van der Waals surface area contributed by atoms with E-state index in [4.69, 9.17) is 4.43 Å². The topological polar surface area (TPSA) is 26.3 Å². The van der Waals surface area contributed by atoms with Gasteiger partial charge in [-0.15, -0.1) is 0 Å². The zero-order chi connectivity index (χ0) is 25.2. The van der Waals surface area contributed by atoms with Gasteiger partial charge in [0.2, 0.25) is 0 Å². The van der Waals surface area contributed by atoms with E-state index in [-0.39, 0.29) is 11.4 Å². The number of hydrogen-bond donors (Lipinski definition) is 0. The molecule has 33 heavy (non-hydrogen) atoms. The number of ketones is 1. The van der Waals surface area contributed by atoms with Gasteiger partial charge in [-0.25, -0.2) is 0 Å². The Bertz CT molecular complexity index is 569. The molecule has 1 aliphatic carbocycles. The van der Waals surface area contributed by atoms with E-state index in [0.717, 1.165) is 19.3 Å². The molecular formula is C29H56O2SiSn. The van der Waals surface area contributed by atoms with Gasteiger partial charge in [0.25, 0.3) is 0 Å². The molecule has 1 unspecified atom stereocenters. The summed E-state index contributed by atoms with van der Waals surface area (Å²) in [5, 5.41) is 0. The predicted octanol–water partition coefficient (Wildman–Crippen LogP) is 9.80. The Morgan fingerprint density at radius 2 is 1.48 bits per heavy atom. The first-order valence-corrected chi connectivity index (χ1v) is 25.0. The van der Waals surface area contributed by atoms with Crippen LogP contribution in [0, 0.1) is 0 Å². The Labute approximate surface area is 212 Å². The molecule has 0 aliphatic heterocycles. The van der Waals surface area contributed by atoms with E-state index in [1.54, 1.807) is 6.08 Å². The summed E-state index contributed by atoms with van der Waals surface area (Å²) in [6, 6.07) is 0. The van der Waals surface area contributed by atoms with Gasteiger partial charge >= 0.3 is 178 Å². The fourth-order valence-corrected chi connectivity index (χ4v) is 20.3. The molecule has 0 saturated heterocycles. The first-order chi connectivity index (χ1) is 15.6. The monoisotopic (exact) mass is 584 g/mol. The number of hydrogen-bond acceptors (Lipinski definition) is 2. The molecule has 0 aromatic rings. The molecule has 0 N–H and O–H groups in total. The normalized spacial score (nSPS) is 16.0. The van der Waals surface area contributed by atoms with Gasteiger partial charge in [0.15, 0.2) is 5.78 Å². The Morgan fingerprint density at radius 3 is 1.79 bits per heavy atom. The summed E-state index contributed by atoms with van der Waals surface area (Å²) in [7, 11) is -1.64. The van der Waals surface area contributed by atoms with Crippen molar-refractivity contribution >= 4 is 32.5 Å². The maximum absolute atomic E-state index is 10.2. The van der Waals surface area contributed by atoms with Gasteiger partial charge in [-0.2, -0.15) is 0 Å². The van der Waals surface area contributed by atoms with Crippen molar-refractivity contribution in [2.24, 2.45) is 0 Å². The summed E-state index contributed by atoms with van der Waals surface area (Å²) < 4.78 is 14.1. The van der Waals surface area contributed by atoms with Crippen LogP contribution in [0.5, 0.6) is 0 Å². The largest absolute Gasteiger partial charge is 0.295 e. The van der Waals surface area contributed by atoms with Gasteiger partial charge in [-0.3, -0.25) is 4.79 Å². The average molecular weight is 584 g/mol. The number of allylic oxidation sites excluding steroid dienone is 2. The van der Waals surface area contributed by atoms with Crippen molar-refractivity contribution in [3.05, 3.63) is 35.0 Å². The van der Waals surface area contributed by atoms with Crippen LogP contribution < -0.4 is 0 Å². The third-order valence-electron chi connectivity index (χ3n) is 6.43. The van der Waals surface area contributed by atoms with E-state index in [2.05, 4.69) is 70.2 Å². The number of rotatable bonds is 17. The molecule has 0 saturated carbocycles. The van der Waals surface area contributed by atoms with Crippen LogP contribution in [0.3, 0.4) is 0 Å². The van der Waals surface area contributed by atoms with Crippen molar-refractivity contribution in [3.8, 4) is 0 Å². The molecular weight excluding hydrogens is 527 g/mol. The molecule has 4 heteroatoms. The first kappa shape index (κ1) is 32.9. The van der Waals surface area contributed by atoms with Crippen molar-refractivity contribution in [3.63, 3.8) is 0 Å². The Morgan fingerprint density at radius 1 is 0.970 bits per heavy atom. The summed E-state index contributed by atoms with van der Waals surface area (Å²) >= 11 is -2.28. The van der Waals surface area contributed by atoms with Crippen LogP contribution in [0.2, 0.25) is 33.0 Å². The van der Waals surface area contributed by atoms with Gasteiger partial charge in [0.05, 0.1) is 0 Å². The van der Waals surface area contributed by atoms with E-state index in [9.17, 15) is 4.79 Å². The number of unbranched alkanes of at least 4 members (excludes halogenated alkanes) is 4. The zero-order valence-electron chi connectivity index (χ0n) is 23.3. The minimum atomic E-state index is -2.28. The molecule has 1 rings (SSSR count). The maximum atomic E-state index is 10.2. The molecule has 0 bridgehead atoms. The fraction of sp³-hybridized carbons (Fsp3) is 0.759. The molecule has 0 amide bonds. The minimum absolute atomic E-state index is 0.229. The van der Waals surface area contributed by atoms with E-state index in [1.165, 1.54) is 64.7 Å². The van der Waals surface area contributed by atoms with Crippen molar-refractivity contribution < 1.29 is 9.22 Å². The molecule has 0 radical (unpaired) electrons. The molecule has 0 aromatic heterocycles. The standard InChI is InChI=1S/C12H23OSi.C5H6O.3C4H9.Sn/c1-7-10-11-12(8-2,9-3)13-14(4,5)6;6-5-3-1-2-4-5;3*1-3-4-2;/h2,8-9H,3,7,10-11H2,1,4-6H3;1,3H,2,4H2;3*1,3-4H2,2H3;. The molecule has 0 heterocycles. The van der Waals surface area contributed by atoms with Crippen LogP contribution in [0.4, 0.5) is 0 Å². The quantitative estimate of drug-likeness (QED) is 0.126. The molecule has 0 aromatic carbocycles. The van der Waals surface area contributed by atoms with Crippen LogP contribution in [-0.2, 0) is 9.22 Å². The van der Waals surface area contributed by atoms with Crippen molar-refractivity contribution in [1.82, 2.24) is 0 Å². The molecule has 1 atom stereocenters. The summed E-state index contributed by atoms with van der Waals surface area (Å²) in [5.41, 5.74) is -0.229. The Balaban J connectivity index is 0.00000146. The van der Waals surface area contributed by atoms with E-state index in [0.29, 0.717) is 0 Å². The van der Waals surface area contributed by atoms with Gasteiger partial charge in [0, 0.05) is 6.42 Å². The van der Waals surface area contributed by atoms with Crippen molar-refractivity contribution in [2.45, 2.75) is 137 Å².